The second-order valence-corrected chi connectivity index (χ2v) is 5.71. The first-order valence-corrected chi connectivity index (χ1v) is 6.73. The molecular formula is C13H11BrO2S. The molecule has 0 saturated carbocycles. The number of halogens is 1. The molecule has 17 heavy (non-hydrogen) atoms. The van der Waals surface area contributed by atoms with Crippen LogP contribution in [0.4, 0.5) is 0 Å². The van der Waals surface area contributed by atoms with Gasteiger partial charge in [0.05, 0.1) is 9.35 Å². The molecule has 0 N–H and O–H groups in total. The van der Waals surface area contributed by atoms with Gasteiger partial charge in [0.2, 0.25) is 0 Å². The summed E-state index contributed by atoms with van der Waals surface area (Å²) in [6.45, 7) is 2.48. The van der Waals surface area contributed by atoms with Gasteiger partial charge in [-0.3, -0.25) is 4.79 Å². The van der Waals surface area contributed by atoms with Gasteiger partial charge in [-0.25, -0.2) is 0 Å². The Labute approximate surface area is 112 Å². The van der Waals surface area contributed by atoms with E-state index in [1.54, 1.807) is 0 Å². The first-order valence-electron chi connectivity index (χ1n) is 5.12. The van der Waals surface area contributed by atoms with Crippen LogP contribution in [0.2, 0.25) is 0 Å². The van der Waals surface area contributed by atoms with Crippen molar-refractivity contribution in [1.82, 2.24) is 0 Å². The molecule has 2 rings (SSSR count). The molecule has 0 aliphatic carbocycles. The lowest BCUT2D eigenvalue weighted by Crippen LogP contribution is -1.95. The highest BCUT2D eigenvalue weighted by Gasteiger charge is 2.06. The zero-order valence-corrected chi connectivity index (χ0v) is 11.7. The number of aryl methyl sites for hydroxylation is 1. The van der Waals surface area contributed by atoms with Crippen molar-refractivity contribution in [3.8, 4) is 5.75 Å². The molecule has 0 spiro atoms. The quantitative estimate of drug-likeness (QED) is 0.791. The van der Waals surface area contributed by atoms with E-state index in [1.807, 2.05) is 37.3 Å². The van der Waals surface area contributed by atoms with E-state index >= 15 is 0 Å². The Hall–Kier alpha value is -1.13. The minimum Gasteiger partial charge on any atom is -0.488 e. The van der Waals surface area contributed by atoms with Crippen molar-refractivity contribution in [1.29, 1.82) is 0 Å². The summed E-state index contributed by atoms with van der Waals surface area (Å²) in [5.74, 6) is 0.811. The normalized spacial score (nSPS) is 10.2. The molecule has 0 atom stereocenters. The molecule has 2 aromatic rings. The number of aldehydes is 1. The monoisotopic (exact) mass is 310 g/mol. The van der Waals surface area contributed by atoms with Gasteiger partial charge in [0.15, 0.2) is 6.29 Å². The van der Waals surface area contributed by atoms with Crippen LogP contribution < -0.4 is 4.74 Å². The zero-order chi connectivity index (χ0) is 12.3. The van der Waals surface area contributed by atoms with Crippen LogP contribution in [0.25, 0.3) is 0 Å². The van der Waals surface area contributed by atoms with Crippen molar-refractivity contribution in [2.75, 3.05) is 0 Å². The fraction of sp³-hybridized carbons (Fsp3) is 0.154. The number of hydrogen-bond donors (Lipinski definition) is 0. The number of ether oxygens (including phenoxy) is 1. The highest BCUT2D eigenvalue weighted by atomic mass is 79.9. The summed E-state index contributed by atoms with van der Waals surface area (Å²) in [4.78, 5) is 12.5. The molecular weight excluding hydrogens is 300 g/mol. The first-order chi connectivity index (χ1) is 8.20. The summed E-state index contributed by atoms with van der Waals surface area (Å²) in [6, 6.07) is 9.59. The number of thiophene rings is 1. The van der Waals surface area contributed by atoms with Crippen LogP contribution in [-0.2, 0) is 6.61 Å². The molecule has 0 unspecified atom stereocenters. The Bertz CT molecular complexity index is 534. The fourth-order valence-corrected chi connectivity index (χ4v) is 2.71. The predicted molar refractivity (Wildman–Crippen MR) is 72.9 cm³/mol. The molecule has 4 heteroatoms. The Morgan fingerprint density at radius 3 is 2.82 bits per heavy atom. The van der Waals surface area contributed by atoms with Crippen molar-refractivity contribution in [3.05, 3.63) is 50.1 Å². The van der Waals surface area contributed by atoms with Gasteiger partial charge < -0.3 is 4.74 Å². The molecule has 0 fully saturated rings. The Morgan fingerprint density at radius 1 is 1.41 bits per heavy atom. The van der Waals surface area contributed by atoms with Gasteiger partial charge in [0.1, 0.15) is 12.4 Å². The van der Waals surface area contributed by atoms with Gasteiger partial charge in [-0.2, -0.15) is 0 Å². The largest absolute Gasteiger partial charge is 0.488 e. The van der Waals surface area contributed by atoms with E-state index < -0.39 is 0 Å². The van der Waals surface area contributed by atoms with E-state index in [9.17, 15) is 4.79 Å². The SMILES string of the molecule is Cc1sc(C=O)cc1COc1ccccc1Br. The maximum atomic E-state index is 10.7. The smallest absolute Gasteiger partial charge is 0.160 e. The average molecular weight is 311 g/mol. The Kier molecular flexibility index (Phi) is 3.97. The molecule has 1 heterocycles. The third-order valence-corrected chi connectivity index (χ3v) is 4.05. The van der Waals surface area contributed by atoms with Gasteiger partial charge in [0, 0.05) is 10.4 Å². The second-order valence-electron chi connectivity index (χ2n) is 3.57. The van der Waals surface area contributed by atoms with E-state index in [0.29, 0.717) is 6.61 Å². The van der Waals surface area contributed by atoms with Crippen LogP contribution in [-0.4, -0.2) is 6.29 Å². The lowest BCUT2D eigenvalue weighted by Gasteiger charge is -2.07. The van der Waals surface area contributed by atoms with Gasteiger partial charge in [0.25, 0.3) is 0 Å². The van der Waals surface area contributed by atoms with Crippen molar-refractivity contribution < 1.29 is 9.53 Å². The van der Waals surface area contributed by atoms with Gasteiger partial charge in [-0.15, -0.1) is 11.3 Å². The highest BCUT2D eigenvalue weighted by Crippen LogP contribution is 2.26. The van der Waals surface area contributed by atoms with E-state index in [0.717, 1.165) is 31.8 Å². The predicted octanol–water partition coefficient (Wildman–Crippen LogP) is 4.21. The van der Waals surface area contributed by atoms with Gasteiger partial charge in [-0.1, -0.05) is 12.1 Å². The number of benzene rings is 1. The van der Waals surface area contributed by atoms with Crippen LogP contribution in [0, 0.1) is 6.92 Å². The lowest BCUT2D eigenvalue weighted by atomic mass is 10.2. The van der Waals surface area contributed by atoms with Crippen LogP contribution in [0.5, 0.6) is 5.75 Å². The van der Waals surface area contributed by atoms with Gasteiger partial charge in [-0.05, 0) is 41.1 Å². The number of para-hydroxylation sites is 1. The highest BCUT2D eigenvalue weighted by molar-refractivity contribution is 9.10. The second kappa shape index (κ2) is 5.47. The number of carbonyl (C=O) groups is 1. The molecule has 0 amide bonds. The summed E-state index contributed by atoms with van der Waals surface area (Å²) >= 11 is 4.92. The Balaban J connectivity index is 2.09. The van der Waals surface area contributed by atoms with Crippen molar-refractivity contribution in [2.45, 2.75) is 13.5 Å². The van der Waals surface area contributed by atoms with E-state index in [4.69, 9.17) is 4.74 Å². The molecule has 1 aromatic heterocycles. The number of rotatable bonds is 4. The van der Waals surface area contributed by atoms with E-state index in [2.05, 4.69) is 15.9 Å². The molecule has 0 aliphatic heterocycles. The lowest BCUT2D eigenvalue weighted by molar-refractivity contribution is 0.112. The summed E-state index contributed by atoms with van der Waals surface area (Å²) in [7, 11) is 0. The summed E-state index contributed by atoms with van der Waals surface area (Å²) in [5, 5.41) is 0. The third-order valence-electron chi connectivity index (χ3n) is 2.38. The molecule has 2 nitrogen and oxygen atoms in total. The molecule has 0 bridgehead atoms. The van der Waals surface area contributed by atoms with Crippen LogP contribution in [0.1, 0.15) is 20.1 Å². The molecule has 0 saturated heterocycles. The van der Waals surface area contributed by atoms with Crippen LogP contribution >= 0.6 is 27.3 Å². The van der Waals surface area contributed by atoms with Crippen molar-refractivity contribution in [3.63, 3.8) is 0 Å². The summed E-state index contributed by atoms with van der Waals surface area (Å²) in [5.41, 5.74) is 1.06. The van der Waals surface area contributed by atoms with Crippen LogP contribution in [0.3, 0.4) is 0 Å². The minimum absolute atomic E-state index is 0.485. The summed E-state index contributed by atoms with van der Waals surface area (Å²) < 4.78 is 6.64. The minimum atomic E-state index is 0.485. The molecule has 0 radical (unpaired) electrons. The van der Waals surface area contributed by atoms with E-state index in [-0.39, 0.29) is 0 Å². The molecule has 1 aromatic carbocycles. The van der Waals surface area contributed by atoms with Crippen molar-refractivity contribution in [2.24, 2.45) is 0 Å². The zero-order valence-electron chi connectivity index (χ0n) is 9.27. The molecule has 88 valence electrons. The number of carbonyl (C=O) groups excluding carboxylic acids is 1. The van der Waals surface area contributed by atoms with Crippen molar-refractivity contribution >= 4 is 33.6 Å². The van der Waals surface area contributed by atoms with E-state index in [1.165, 1.54) is 11.3 Å². The van der Waals surface area contributed by atoms with Crippen LogP contribution in [0.15, 0.2) is 34.8 Å². The topological polar surface area (TPSA) is 26.3 Å². The maximum Gasteiger partial charge on any atom is 0.160 e. The molecule has 0 aliphatic rings. The Morgan fingerprint density at radius 2 is 2.18 bits per heavy atom. The first kappa shape index (κ1) is 12.3. The average Bonchev–Trinajstić information content (AvgIpc) is 2.69. The fourth-order valence-electron chi connectivity index (χ4n) is 1.46. The maximum absolute atomic E-state index is 10.7. The standard InChI is InChI=1S/C13H11BrO2S/c1-9-10(6-11(7-15)17-9)8-16-13-5-3-2-4-12(13)14/h2-7H,8H2,1H3. The summed E-state index contributed by atoms with van der Waals surface area (Å²) in [6.07, 6.45) is 0.875. The third kappa shape index (κ3) is 2.96. The van der Waals surface area contributed by atoms with Gasteiger partial charge >= 0.3 is 0 Å². The number of hydrogen-bond acceptors (Lipinski definition) is 3.